The molecule has 140 valence electrons. The molecule has 0 fully saturated rings. The Morgan fingerprint density at radius 1 is 1.11 bits per heavy atom. The van der Waals surface area contributed by atoms with E-state index < -0.39 is 0 Å². The van der Waals surface area contributed by atoms with E-state index >= 15 is 0 Å². The van der Waals surface area contributed by atoms with Crippen molar-refractivity contribution in [3.05, 3.63) is 81.0 Å². The minimum Gasteiger partial charge on any atom is -0.489 e. The van der Waals surface area contributed by atoms with Crippen LogP contribution in [0.5, 0.6) is 5.75 Å². The Bertz CT molecular complexity index is 926. The number of anilines is 1. The van der Waals surface area contributed by atoms with E-state index in [1.54, 1.807) is 0 Å². The van der Waals surface area contributed by atoms with Gasteiger partial charge < -0.3 is 10.1 Å². The van der Waals surface area contributed by atoms with E-state index in [4.69, 9.17) is 4.74 Å². The molecule has 1 heterocycles. The molecule has 0 unspecified atom stereocenters. The Hall–Kier alpha value is -2.59. The van der Waals surface area contributed by atoms with Crippen LogP contribution in [0.3, 0.4) is 0 Å². The maximum Gasteiger partial charge on any atom is 0.265 e. The van der Waals surface area contributed by atoms with E-state index in [9.17, 15) is 4.79 Å². The van der Waals surface area contributed by atoms with E-state index in [1.807, 2.05) is 35.7 Å². The second-order valence-electron chi connectivity index (χ2n) is 7.04. The van der Waals surface area contributed by atoms with Crippen molar-refractivity contribution in [2.24, 2.45) is 0 Å². The van der Waals surface area contributed by atoms with Crippen LogP contribution in [0, 0.1) is 13.8 Å². The predicted molar refractivity (Wildman–Crippen MR) is 113 cm³/mol. The highest BCUT2D eigenvalue weighted by molar-refractivity contribution is 7.12. The highest BCUT2D eigenvalue weighted by atomic mass is 32.1. The summed E-state index contributed by atoms with van der Waals surface area (Å²) < 4.78 is 5.93. The predicted octanol–water partition coefficient (Wildman–Crippen LogP) is 6.32. The van der Waals surface area contributed by atoms with Crippen molar-refractivity contribution in [3.63, 3.8) is 0 Å². The van der Waals surface area contributed by atoms with Crippen LogP contribution in [0.4, 0.5) is 5.69 Å². The zero-order valence-corrected chi connectivity index (χ0v) is 17.0. The van der Waals surface area contributed by atoms with Gasteiger partial charge >= 0.3 is 0 Å². The van der Waals surface area contributed by atoms with Gasteiger partial charge in [0.25, 0.3) is 5.91 Å². The number of ether oxygens (including phenoxy) is 1. The molecule has 0 saturated carbocycles. The van der Waals surface area contributed by atoms with E-state index in [0.717, 1.165) is 22.6 Å². The molecule has 0 radical (unpaired) electrons. The van der Waals surface area contributed by atoms with Gasteiger partial charge in [0.1, 0.15) is 12.4 Å². The zero-order valence-electron chi connectivity index (χ0n) is 16.2. The average molecular weight is 380 g/mol. The number of hydrogen-bond acceptors (Lipinski definition) is 3. The molecule has 27 heavy (non-hydrogen) atoms. The van der Waals surface area contributed by atoms with E-state index in [-0.39, 0.29) is 5.91 Å². The van der Waals surface area contributed by atoms with Gasteiger partial charge in [0.2, 0.25) is 0 Å². The molecule has 0 aliphatic rings. The van der Waals surface area contributed by atoms with Crippen LogP contribution in [0.25, 0.3) is 0 Å². The molecule has 0 aliphatic carbocycles. The lowest BCUT2D eigenvalue weighted by molar-refractivity contribution is 0.103. The monoisotopic (exact) mass is 379 g/mol. The lowest BCUT2D eigenvalue weighted by atomic mass is 10.0. The average Bonchev–Trinajstić information content (AvgIpc) is 3.12. The van der Waals surface area contributed by atoms with Gasteiger partial charge in [-0.1, -0.05) is 38.1 Å². The van der Waals surface area contributed by atoms with Crippen LogP contribution in [-0.2, 0) is 6.61 Å². The first kappa shape index (κ1) is 19.2. The van der Waals surface area contributed by atoms with Gasteiger partial charge in [-0.05, 0) is 66.1 Å². The number of thiophene rings is 1. The molecule has 0 bridgehead atoms. The van der Waals surface area contributed by atoms with Gasteiger partial charge in [-0.2, -0.15) is 0 Å². The van der Waals surface area contributed by atoms with Crippen molar-refractivity contribution < 1.29 is 9.53 Å². The maximum atomic E-state index is 12.5. The molecule has 0 saturated heterocycles. The third kappa shape index (κ3) is 4.77. The van der Waals surface area contributed by atoms with E-state index in [1.165, 1.54) is 22.5 Å². The van der Waals surface area contributed by atoms with Gasteiger partial charge in [0.15, 0.2) is 0 Å². The van der Waals surface area contributed by atoms with Gasteiger partial charge in [0, 0.05) is 11.3 Å². The highest BCUT2D eigenvalue weighted by Gasteiger charge is 2.11. The number of nitrogens with one attached hydrogen (secondary N) is 1. The summed E-state index contributed by atoms with van der Waals surface area (Å²) in [4.78, 5) is 13.2. The Morgan fingerprint density at radius 3 is 2.56 bits per heavy atom. The first-order valence-corrected chi connectivity index (χ1v) is 9.99. The van der Waals surface area contributed by atoms with Crippen LogP contribution < -0.4 is 10.1 Å². The summed E-state index contributed by atoms with van der Waals surface area (Å²) in [5, 5.41) is 4.93. The number of amides is 1. The summed E-state index contributed by atoms with van der Waals surface area (Å²) >= 11 is 1.44. The standard InChI is InChI=1S/C23H25NO2S/c1-15(2)19-8-10-20(11-9-19)24-23(25)22-12-18(14-27-22)13-26-21-7-5-6-16(3)17(21)4/h5-12,14-15H,13H2,1-4H3,(H,24,25). The van der Waals surface area contributed by atoms with E-state index in [2.05, 4.69) is 51.2 Å². The van der Waals surface area contributed by atoms with Crippen LogP contribution in [-0.4, -0.2) is 5.91 Å². The molecular weight excluding hydrogens is 354 g/mol. The fourth-order valence-corrected chi connectivity index (χ4v) is 3.55. The lowest BCUT2D eigenvalue weighted by Gasteiger charge is -2.10. The van der Waals surface area contributed by atoms with E-state index in [0.29, 0.717) is 17.4 Å². The summed E-state index contributed by atoms with van der Waals surface area (Å²) in [5.74, 6) is 1.28. The molecule has 0 aliphatic heterocycles. The van der Waals surface area contributed by atoms with Crippen LogP contribution in [0.1, 0.15) is 51.7 Å². The normalized spacial score (nSPS) is 10.9. The third-order valence-corrected chi connectivity index (χ3v) is 5.64. The minimum absolute atomic E-state index is 0.0877. The summed E-state index contributed by atoms with van der Waals surface area (Å²) in [6.45, 7) is 8.89. The molecule has 3 nitrogen and oxygen atoms in total. The molecule has 4 heteroatoms. The van der Waals surface area contributed by atoms with Crippen molar-refractivity contribution in [3.8, 4) is 5.75 Å². The van der Waals surface area contributed by atoms with Crippen molar-refractivity contribution >= 4 is 22.9 Å². The van der Waals surface area contributed by atoms with Crippen LogP contribution in [0.15, 0.2) is 53.9 Å². The SMILES string of the molecule is Cc1cccc(OCc2csc(C(=O)Nc3ccc(C(C)C)cc3)c2)c1C. The molecule has 3 rings (SSSR count). The van der Waals surface area contributed by atoms with Crippen LogP contribution >= 0.6 is 11.3 Å². The number of rotatable bonds is 6. The largest absolute Gasteiger partial charge is 0.489 e. The number of benzene rings is 2. The molecule has 0 atom stereocenters. The quantitative estimate of drug-likeness (QED) is 0.544. The summed E-state index contributed by atoms with van der Waals surface area (Å²) in [6, 6.07) is 15.9. The number of aryl methyl sites for hydroxylation is 1. The molecule has 3 aromatic rings. The topological polar surface area (TPSA) is 38.3 Å². The number of hydrogen-bond donors (Lipinski definition) is 1. The summed E-state index contributed by atoms with van der Waals surface area (Å²) in [5.41, 5.74) is 5.43. The van der Waals surface area contributed by atoms with Gasteiger partial charge in [-0.3, -0.25) is 4.79 Å². The second-order valence-corrected chi connectivity index (χ2v) is 7.95. The third-order valence-electron chi connectivity index (χ3n) is 4.66. The van der Waals surface area contributed by atoms with Crippen molar-refractivity contribution in [1.82, 2.24) is 0 Å². The smallest absolute Gasteiger partial charge is 0.265 e. The second kappa shape index (κ2) is 8.40. The maximum absolute atomic E-state index is 12.5. The lowest BCUT2D eigenvalue weighted by Crippen LogP contribution is -2.10. The minimum atomic E-state index is -0.0877. The molecular formula is C23H25NO2S. The summed E-state index contributed by atoms with van der Waals surface area (Å²) in [6.07, 6.45) is 0. The molecule has 2 aromatic carbocycles. The molecule has 1 N–H and O–H groups in total. The fourth-order valence-electron chi connectivity index (χ4n) is 2.76. The van der Waals surface area contributed by atoms with Crippen molar-refractivity contribution in [2.75, 3.05) is 5.32 Å². The molecule has 0 spiro atoms. The molecule has 1 amide bonds. The van der Waals surface area contributed by atoms with Crippen LogP contribution in [0.2, 0.25) is 0 Å². The fraction of sp³-hybridized carbons (Fsp3) is 0.261. The van der Waals surface area contributed by atoms with Gasteiger partial charge in [-0.15, -0.1) is 11.3 Å². The zero-order chi connectivity index (χ0) is 19.4. The van der Waals surface area contributed by atoms with Crippen molar-refractivity contribution in [1.29, 1.82) is 0 Å². The highest BCUT2D eigenvalue weighted by Crippen LogP contribution is 2.24. The number of carbonyl (C=O) groups excluding carboxylic acids is 1. The first-order valence-electron chi connectivity index (χ1n) is 9.12. The molecule has 1 aromatic heterocycles. The van der Waals surface area contributed by atoms with Gasteiger partial charge in [-0.25, -0.2) is 0 Å². The van der Waals surface area contributed by atoms with Gasteiger partial charge in [0.05, 0.1) is 4.88 Å². The number of carbonyl (C=O) groups is 1. The first-order chi connectivity index (χ1) is 12.9. The Kier molecular flexibility index (Phi) is 5.97. The Morgan fingerprint density at radius 2 is 1.85 bits per heavy atom. The van der Waals surface area contributed by atoms with Crippen molar-refractivity contribution in [2.45, 2.75) is 40.2 Å². The Balaban J connectivity index is 1.61. The summed E-state index contributed by atoms with van der Waals surface area (Å²) in [7, 11) is 0. The Labute approximate surface area is 165 Å².